The number of rotatable bonds is 2. The lowest BCUT2D eigenvalue weighted by Gasteiger charge is -2.47. The zero-order chi connectivity index (χ0) is 13.2. The average Bonchev–Trinajstić information content (AvgIpc) is 2.99. The minimum absolute atomic E-state index is 0.0936. The fraction of sp³-hybridized carbons (Fsp3) is 0.929. The summed E-state index contributed by atoms with van der Waals surface area (Å²) in [6.45, 7) is 8.07. The van der Waals surface area contributed by atoms with E-state index in [1.165, 1.54) is 0 Å². The third-order valence-electron chi connectivity index (χ3n) is 4.70. The van der Waals surface area contributed by atoms with Crippen LogP contribution < -0.4 is 0 Å². The van der Waals surface area contributed by atoms with Crippen molar-refractivity contribution in [3.05, 3.63) is 0 Å². The van der Waals surface area contributed by atoms with Crippen LogP contribution in [0.5, 0.6) is 0 Å². The highest BCUT2D eigenvalue weighted by Crippen LogP contribution is 2.25. The maximum atomic E-state index is 12.5. The van der Waals surface area contributed by atoms with E-state index in [2.05, 4.69) is 11.8 Å². The van der Waals surface area contributed by atoms with Gasteiger partial charge in [0.05, 0.1) is 31.3 Å². The predicted molar refractivity (Wildman–Crippen MR) is 70.9 cm³/mol. The molecule has 3 fully saturated rings. The Hall–Kier alpha value is -0.650. The Morgan fingerprint density at radius 2 is 2.16 bits per heavy atom. The molecule has 0 aromatic rings. The van der Waals surface area contributed by atoms with Crippen LogP contribution in [0.3, 0.4) is 0 Å². The summed E-state index contributed by atoms with van der Waals surface area (Å²) in [6.07, 6.45) is 2.18. The smallest absolute Gasteiger partial charge is 0.228 e. The van der Waals surface area contributed by atoms with Crippen molar-refractivity contribution in [2.45, 2.75) is 31.9 Å². The summed E-state index contributed by atoms with van der Waals surface area (Å²) in [5.74, 6) is 0.383. The number of ether oxygens (including phenoxy) is 2. The van der Waals surface area contributed by atoms with Crippen molar-refractivity contribution < 1.29 is 14.3 Å². The van der Waals surface area contributed by atoms with Crippen LogP contribution in [-0.2, 0) is 14.3 Å². The number of likely N-dealkylation sites (tertiary alicyclic amines) is 1. The summed E-state index contributed by atoms with van der Waals surface area (Å²) in [7, 11) is 0. The highest BCUT2D eigenvalue weighted by Gasteiger charge is 2.39. The van der Waals surface area contributed by atoms with Crippen LogP contribution in [0.2, 0.25) is 0 Å². The number of carbonyl (C=O) groups excluding carboxylic acids is 1. The van der Waals surface area contributed by atoms with Crippen LogP contribution in [0.15, 0.2) is 0 Å². The van der Waals surface area contributed by atoms with E-state index in [1.54, 1.807) is 0 Å². The summed E-state index contributed by atoms with van der Waals surface area (Å²) in [6, 6.07) is 0.388. The van der Waals surface area contributed by atoms with Gasteiger partial charge in [-0.3, -0.25) is 9.69 Å². The van der Waals surface area contributed by atoms with Gasteiger partial charge in [0, 0.05) is 26.2 Å². The number of amides is 1. The molecule has 3 aliphatic rings. The van der Waals surface area contributed by atoms with Gasteiger partial charge in [-0.25, -0.2) is 0 Å². The van der Waals surface area contributed by atoms with Gasteiger partial charge in [0.25, 0.3) is 0 Å². The molecule has 0 radical (unpaired) electrons. The average molecular weight is 268 g/mol. The minimum Gasteiger partial charge on any atom is -0.381 e. The second-order valence-electron chi connectivity index (χ2n) is 5.74. The minimum atomic E-state index is 0.0936. The molecule has 3 heterocycles. The summed E-state index contributed by atoms with van der Waals surface area (Å²) in [5.41, 5.74) is 0. The topological polar surface area (TPSA) is 42.0 Å². The molecule has 0 unspecified atom stereocenters. The Bertz CT molecular complexity index is 325. The van der Waals surface area contributed by atoms with Crippen LogP contribution in [-0.4, -0.2) is 73.9 Å². The SMILES string of the molecule is CCN1CCO[C@H]2CCN(C(=O)[C@H]3CCOC3)C[C@@H]21. The van der Waals surface area contributed by atoms with E-state index in [0.717, 1.165) is 52.2 Å². The molecule has 19 heavy (non-hydrogen) atoms. The van der Waals surface area contributed by atoms with Crippen molar-refractivity contribution in [1.82, 2.24) is 9.80 Å². The van der Waals surface area contributed by atoms with Crippen molar-refractivity contribution in [1.29, 1.82) is 0 Å². The lowest BCUT2D eigenvalue weighted by Crippen LogP contribution is -2.61. The van der Waals surface area contributed by atoms with Crippen molar-refractivity contribution in [3.8, 4) is 0 Å². The maximum absolute atomic E-state index is 12.5. The monoisotopic (exact) mass is 268 g/mol. The molecule has 1 amide bonds. The van der Waals surface area contributed by atoms with Crippen molar-refractivity contribution in [3.63, 3.8) is 0 Å². The highest BCUT2D eigenvalue weighted by atomic mass is 16.5. The van der Waals surface area contributed by atoms with Gasteiger partial charge in [-0.15, -0.1) is 0 Å². The first kappa shape index (κ1) is 13.3. The van der Waals surface area contributed by atoms with E-state index in [4.69, 9.17) is 9.47 Å². The third-order valence-corrected chi connectivity index (χ3v) is 4.70. The first-order valence-electron chi connectivity index (χ1n) is 7.51. The van der Waals surface area contributed by atoms with Crippen LogP contribution in [0, 0.1) is 5.92 Å². The van der Waals surface area contributed by atoms with Crippen molar-refractivity contribution in [2.24, 2.45) is 5.92 Å². The molecule has 3 atom stereocenters. The number of piperidine rings is 1. The molecule has 0 spiro atoms. The van der Waals surface area contributed by atoms with Gasteiger partial charge in [0.1, 0.15) is 0 Å². The lowest BCUT2D eigenvalue weighted by atomic mass is 9.97. The van der Waals surface area contributed by atoms with Gasteiger partial charge in [-0.05, 0) is 19.4 Å². The highest BCUT2D eigenvalue weighted by molar-refractivity contribution is 5.79. The Labute approximate surface area is 114 Å². The number of fused-ring (bicyclic) bond motifs is 1. The molecule has 5 heteroatoms. The second kappa shape index (κ2) is 5.77. The number of hydrogen-bond acceptors (Lipinski definition) is 4. The van der Waals surface area contributed by atoms with Gasteiger partial charge in [-0.2, -0.15) is 0 Å². The molecule has 0 aliphatic carbocycles. The summed E-state index contributed by atoms with van der Waals surface area (Å²) >= 11 is 0. The van der Waals surface area contributed by atoms with E-state index in [9.17, 15) is 4.79 Å². The zero-order valence-corrected chi connectivity index (χ0v) is 11.7. The van der Waals surface area contributed by atoms with E-state index in [1.807, 2.05) is 4.90 Å². The molecule has 0 aromatic carbocycles. The van der Waals surface area contributed by atoms with Gasteiger partial charge < -0.3 is 14.4 Å². The third kappa shape index (κ3) is 2.64. The zero-order valence-electron chi connectivity index (χ0n) is 11.7. The Morgan fingerprint density at radius 1 is 1.26 bits per heavy atom. The molecular formula is C14H24N2O3. The van der Waals surface area contributed by atoms with Crippen molar-refractivity contribution >= 4 is 5.91 Å². The fourth-order valence-corrected chi connectivity index (χ4v) is 3.52. The van der Waals surface area contributed by atoms with Crippen LogP contribution in [0.1, 0.15) is 19.8 Å². The van der Waals surface area contributed by atoms with Crippen LogP contribution >= 0.6 is 0 Å². The largest absolute Gasteiger partial charge is 0.381 e. The van der Waals surface area contributed by atoms with E-state index < -0.39 is 0 Å². The number of morpholine rings is 1. The summed E-state index contributed by atoms with van der Waals surface area (Å²) in [4.78, 5) is 17.0. The second-order valence-corrected chi connectivity index (χ2v) is 5.74. The van der Waals surface area contributed by atoms with Gasteiger partial charge in [0.2, 0.25) is 5.91 Å². The lowest BCUT2D eigenvalue weighted by molar-refractivity contribution is -0.146. The molecule has 0 saturated carbocycles. The summed E-state index contributed by atoms with van der Waals surface area (Å²) < 4.78 is 11.2. The summed E-state index contributed by atoms with van der Waals surface area (Å²) in [5, 5.41) is 0. The molecule has 0 aromatic heterocycles. The molecule has 3 saturated heterocycles. The number of hydrogen-bond donors (Lipinski definition) is 0. The maximum Gasteiger partial charge on any atom is 0.228 e. The molecule has 0 bridgehead atoms. The Kier molecular flexibility index (Phi) is 4.05. The molecule has 5 nitrogen and oxygen atoms in total. The number of likely N-dealkylation sites (N-methyl/N-ethyl adjacent to an activating group) is 1. The Morgan fingerprint density at radius 3 is 2.89 bits per heavy atom. The van der Waals surface area contributed by atoms with E-state index in [0.29, 0.717) is 18.8 Å². The van der Waals surface area contributed by atoms with E-state index >= 15 is 0 Å². The molecular weight excluding hydrogens is 244 g/mol. The quantitative estimate of drug-likeness (QED) is 0.724. The molecule has 3 rings (SSSR count). The predicted octanol–water partition coefficient (Wildman–Crippen LogP) is 0.345. The fourth-order valence-electron chi connectivity index (χ4n) is 3.52. The number of carbonyl (C=O) groups is 1. The molecule has 108 valence electrons. The van der Waals surface area contributed by atoms with Gasteiger partial charge in [-0.1, -0.05) is 6.92 Å². The van der Waals surface area contributed by atoms with Gasteiger partial charge >= 0.3 is 0 Å². The van der Waals surface area contributed by atoms with E-state index in [-0.39, 0.29) is 11.8 Å². The molecule has 3 aliphatic heterocycles. The first-order chi connectivity index (χ1) is 9.29. The number of nitrogens with zero attached hydrogens (tertiary/aromatic N) is 2. The van der Waals surface area contributed by atoms with Crippen LogP contribution in [0.4, 0.5) is 0 Å². The molecule has 0 N–H and O–H groups in total. The first-order valence-corrected chi connectivity index (χ1v) is 7.51. The van der Waals surface area contributed by atoms with Crippen molar-refractivity contribution in [2.75, 3.05) is 46.0 Å². The van der Waals surface area contributed by atoms with Gasteiger partial charge in [0.15, 0.2) is 0 Å². The van der Waals surface area contributed by atoms with Crippen LogP contribution in [0.25, 0.3) is 0 Å². The standard InChI is InChI=1S/C14H24N2O3/c1-2-15-6-8-19-13-3-5-16(9-12(13)15)14(17)11-4-7-18-10-11/h11-13H,2-10H2,1H3/t11-,12-,13-/m0/s1. The normalized spacial score (nSPS) is 36.3. The Balaban J connectivity index is 1.64.